The van der Waals surface area contributed by atoms with Gasteiger partial charge in [0, 0.05) is 11.3 Å². The second kappa shape index (κ2) is 30.9. The van der Waals surface area contributed by atoms with Crippen molar-refractivity contribution in [3.05, 3.63) is 90.5 Å². The van der Waals surface area contributed by atoms with E-state index in [1.807, 2.05) is 0 Å². The van der Waals surface area contributed by atoms with Gasteiger partial charge in [0.1, 0.15) is 21.5 Å². The Labute approximate surface area is 496 Å². The number of amides is 1. The van der Waals surface area contributed by atoms with Crippen LogP contribution in [0, 0.1) is 0 Å². The van der Waals surface area contributed by atoms with Gasteiger partial charge in [0.05, 0.1) is 78.8 Å². The standard InChI is InChI=1S/C33H30N6O20S6.CH4.4Na/c34-29-28-20(16-26(60-58-56-42)30(32(28)40)38-36-21-7-9-24(10-8-21)62(44,45)14-12-55-65(51,52)53)17-27(64(48,49)50)31(29)39-37-23-5-1-3-19(15-23)33(41)35-22-4-2-6-25(18-22)63(46,47)13-11-54-61-59-57-43;;;;;/h1-10,15-18,40,42-43H,11-14,34H2,(H,35,41)(H,48,49,50)(H,51,52,53);1H4;;;;/q;;4*+1/p-4. The third-order valence-electron chi connectivity index (χ3n) is 8.14. The van der Waals surface area contributed by atoms with Crippen LogP contribution in [-0.4, -0.2) is 78.5 Å². The smallest absolute Gasteiger partial charge is 0.744 e. The van der Waals surface area contributed by atoms with Crippen LogP contribution in [0.4, 0.5) is 34.1 Å². The molecule has 0 unspecified atom stereocenters. The van der Waals surface area contributed by atoms with Gasteiger partial charge >= 0.3 is 118 Å². The van der Waals surface area contributed by atoms with E-state index in [9.17, 15) is 63.2 Å². The Morgan fingerprint density at radius 2 is 1.30 bits per heavy atom. The summed E-state index contributed by atoms with van der Waals surface area (Å²) >= 11 is 0.304. The van der Waals surface area contributed by atoms with Crippen molar-refractivity contribution in [2.45, 2.75) is 27.0 Å². The predicted octanol–water partition coefficient (Wildman–Crippen LogP) is -8.18. The molecule has 0 aliphatic rings. The number of sulfone groups is 2. The maximum Gasteiger partial charge on any atom is 1.00 e. The first-order valence-electron chi connectivity index (χ1n) is 17.1. The minimum Gasteiger partial charge on any atom is -0.744 e. The fraction of sp³-hybridized carbons (Fsp3) is 0.147. The Bertz CT molecular complexity index is 3110. The summed E-state index contributed by atoms with van der Waals surface area (Å²) in [6, 6.07) is 16.7. The molecule has 0 fully saturated rings. The number of nitrogens with one attached hydrogen (secondary N) is 1. The van der Waals surface area contributed by atoms with Gasteiger partial charge in [0.15, 0.2) is 37.7 Å². The van der Waals surface area contributed by atoms with Gasteiger partial charge in [-0.2, -0.15) is 14.6 Å². The average Bonchev–Trinajstić information content (AvgIpc) is 3.24. The summed E-state index contributed by atoms with van der Waals surface area (Å²) in [4.78, 5) is 11.4. The van der Waals surface area contributed by atoms with Crippen LogP contribution in [0.2, 0.25) is 0 Å². The van der Waals surface area contributed by atoms with Crippen molar-refractivity contribution >= 4 is 115 Å². The van der Waals surface area contributed by atoms with Crippen molar-refractivity contribution in [3.63, 3.8) is 0 Å². The van der Waals surface area contributed by atoms with Gasteiger partial charge in [-0.1, -0.05) is 19.6 Å². The van der Waals surface area contributed by atoms with E-state index in [2.05, 4.69) is 48.7 Å². The number of azo groups is 2. The number of carbonyl (C=O) groups excluding carboxylic acids is 1. The first kappa shape index (κ1) is 68.7. The SMILES string of the molecule is C.Nc1c(N=Nc2cccc(C(=O)Nc3cccc(S(=O)(=O)CCOSOO[O-])c3)c2)c(S(=O)(=O)[O-])cc2cc(SOO[O-])c(N=Nc3ccc(S(=O)(=O)CCOS(=O)(=O)[O-])cc3)c(O)c12.[Na+].[Na+].[Na+].[Na+]. The molecule has 4 N–H and O–H groups in total. The fourth-order valence-electron chi connectivity index (χ4n) is 5.32. The second-order valence-corrected chi connectivity index (χ2v) is 20.2. The van der Waals surface area contributed by atoms with Crippen LogP contribution < -0.4 is 140 Å². The Kier molecular flexibility index (Phi) is 30.4. The number of phenolic OH excluding ortho intramolecular Hbond substituents is 1. The van der Waals surface area contributed by atoms with Gasteiger partial charge < -0.3 is 35.8 Å². The summed E-state index contributed by atoms with van der Waals surface area (Å²) in [5.41, 5.74) is 4.34. The number of anilines is 2. The summed E-state index contributed by atoms with van der Waals surface area (Å²) in [5.74, 6) is -2.98. The van der Waals surface area contributed by atoms with E-state index in [0.29, 0.717) is 0 Å². The number of nitrogen functional groups attached to an aromatic ring is 1. The molecule has 0 saturated heterocycles. The van der Waals surface area contributed by atoms with Crippen LogP contribution in [0.15, 0.2) is 125 Å². The van der Waals surface area contributed by atoms with Gasteiger partial charge in [-0.25, -0.2) is 33.7 Å². The molecule has 5 aromatic carbocycles. The molecule has 0 aliphatic heterocycles. The molecular formula is C34H30N6Na4O20S6. The number of nitrogens with two attached hydrogens (primary N) is 1. The summed E-state index contributed by atoms with van der Waals surface area (Å²) in [6.07, 6.45) is 0. The van der Waals surface area contributed by atoms with E-state index in [1.54, 1.807) is 0 Å². The molecule has 70 heavy (non-hydrogen) atoms. The van der Waals surface area contributed by atoms with Gasteiger partial charge in [0.2, 0.25) is 10.4 Å². The third-order valence-corrected chi connectivity index (χ3v) is 13.8. The third kappa shape index (κ3) is 19.8. The predicted molar refractivity (Wildman–Crippen MR) is 224 cm³/mol. The monoisotopic (exact) mass is 1130 g/mol. The number of aromatic hydroxyl groups is 1. The number of benzene rings is 5. The molecule has 0 atom stereocenters. The Balaban J connectivity index is 0.00000952. The number of phenols is 1. The quantitative estimate of drug-likeness (QED) is 0.00667. The van der Waals surface area contributed by atoms with E-state index >= 15 is 0 Å². The van der Waals surface area contributed by atoms with E-state index in [0.717, 1.165) is 36.4 Å². The minimum atomic E-state index is -5.40. The van der Waals surface area contributed by atoms with Crippen molar-refractivity contribution in [2.75, 3.05) is 35.8 Å². The normalized spacial score (nSPS) is 11.8. The topological polar surface area (TPSA) is 409 Å². The summed E-state index contributed by atoms with van der Waals surface area (Å²) in [5, 5.41) is 56.1. The van der Waals surface area contributed by atoms with E-state index in [-0.39, 0.29) is 205 Å². The minimum absolute atomic E-state index is 0. The van der Waals surface area contributed by atoms with Gasteiger partial charge in [-0.15, -0.1) is 14.6 Å². The van der Waals surface area contributed by atoms with Gasteiger partial charge in [-0.3, -0.25) is 23.2 Å². The van der Waals surface area contributed by atoms with Crippen LogP contribution in [-0.2, 0) is 67.3 Å². The second-order valence-electron chi connectivity index (χ2n) is 12.3. The Hall–Kier alpha value is -1.27. The number of rotatable bonds is 22. The van der Waals surface area contributed by atoms with Crippen LogP contribution >= 0.6 is 24.4 Å². The van der Waals surface area contributed by atoms with Crippen LogP contribution in [0.5, 0.6) is 5.75 Å². The molecule has 356 valence electrons. The zero-order chi connectivity index (χ0) is 47.6. The van der Waals surface area contributed by atoms with E-state index in [1.165, 1.54) is 48.5 Å². The van der Waals surface area contributed by atoms with Gasteiger partial charge in [0.25, 0.3) is 5.91 Å². The van der Waals surface area contributed by atoms with Gasteiger partial charge in [-0.05, 0) is 78.2 Å². The molecule has 0 aliphatic carbocycles. The van der Waals surface area contributed by atoms with Crippen molar-refractivity contribution in [2.24, 2.45) is 20.5 Å². The van der Waals surface area contributed by atoms with Crippen molar-refractivity contribution in [3.8, 4) is 5.75 Å². The molecule has 0 radical (unpaired) electrons. The zero-order valence-electron chi connectivity index (χ0n) is 35.9. The molecule has 5 aromatic rings. The number of carbonyl (C=O) groups is 1. The summed E-state index contributed by atoms with van der Waals surface area (Å²) in [7, 11) is -18.6. The van der Waals surface area contributed by atoms with Crippen molar-refractivity contribution in [1.29, 1.82) is 0 Å². The van der Waals surface area contributed by atoms with E-state index < -0.39 is 91.9 Å². The van der Waals surface area contributed by atoms with Crippen LogP contribution in [0.3, 0.4) is 0 Å². The molecule has 26 nitrogen and oxygen atoms in total. The summed E-state index contributed by atoms with van der Waals surface area (Å²) in [6.45, 7) is -1.32. The average molecular weight is 1130 g/mol. The molecule has 0 spiro atoms. The largest absolute Gasteiger partial charge is 1.00 e. The number of hydrogen-bond donors (Lipinski definition) is 3. The molecule has 1 amide bonds. The number of fused-ring (bicyclic) bond motifs is 1. The van der Waals surface area contributed by atoms with Crippen LogP contribution in [0.1, 0.15) is 17.8 Å². The maximum absolute atomic E-state index is 13.2. The maximum atomic E-state index is 13.2. The summed E-state index contributed by atoms with van der Waals surface area (Å²) < 4.78 is 137. The molecule has 0 aromatic heterocycles. The Morgan fingerprint density at radius 3 is 1.93 bits per heavy atom. The first-order chi connectivity index (χ1) is 30.6. The Morgan fingerprint density at radius 1 is 0.700 bits per heavy atom. The van der Waals surface area contributed by atoms with Crippen LogP contribution in [0.25, 0.3) is 10.8 Å². The molecular weight excluding hydrogens is 1100 g/mol. The molecule has 0 saturated carbocycles. The molecule has 5 rings (SSSR count). The fourth-order valence-corrected chi connectivity index (χ4v) is 9.40. The number of nitrogens with zero attached hydrogens (tertiary/aromatic N) is 4. The molecule has 0 bridgehead atoms. The van der Waals surface area contributed by atoms with E-state index in [4.69, 9.17) is 9.92 Å². The number of hydrogen-bond acceptors (Lipinski definition) is 27. The van der Waals surface area contributed by atoms with Crippen molar-refractivity contribution in [1.82, 2.24) is 0 Å². The zero-order valence-corrected chi connectivity index (χ0v) is 48.8. The molecule has 36 heteroatoms. The van der Waals surface area contributed by atoms with Crippen molar-refractivity contribution < 1.29 is 209 Å². The molecule has 0 heterocycles. The first-order valence-corrected chi connectivity index (χ1v) is 24.6.